The largest absolute Gasteiger partial charge is 0.351 e. The van der Waals surface area contributed by atoms with Crippen LogP contribution in [-0.4, -0.2) is 21.9 Å². The molecule has 20 heavy (non-hydrogen) atoms. The van der Waals surface area contributed by atoms with Gasteiger partial charge in [0.05, 0.1) is 0 Å². The first-order valence-corrected chi connectivity index (χ1v) is 6.68. The zero-order valence-electron chi connectivity index (χ0n) is 11.3. The first-order valence-electron chi connectivity index (χ1n) is 6.68. The van der Waals surface area contributed by atoms with Crippen LogP contribution in [0, 0.1) is 6.92 Å². The minimum absolute atomic E-state index is 0.225. The summed E-state index contributed by atoms with van der Waals surface area (Å²) in [5.74, 6) is 0.293. The van der Waals surface area contributed by atoms with Crippen molar-refractivity contribution in [2.75, 3.05) is 10.6 Å². The van der Waals surface area contributed by atoms with Crippen molar-refractivity contribution in [3.05, 3.63) is 47.8 Å². The van der Waals surface area contributed by atoms with Crippen LogP contribution < -0.4 is 10.6 Å². The van der Waals surface area contributed by atoms with Gasteiger partial charge in [-0.25, -0.2) is 9.97 Å². The van der Waals surface area contributed by atoms with Crippen molar-refractivity contribution in [1.82, 2.24) is 9.97 Å². The van der Waals surface area contributed by atoms with Crippen LogP contribution in [0.5, 0.6) is 0 Å². The molecule has 1 aromatic carbocycles. The van der Waals surface area contributed by atoms with Crippen molar-refractivity contribution in [2.45, 2.75) is 25.8 Å². The number of nitrogens with zero attached hydrogens (tertiary/aromatic N) is 2. The Labute approximate surface area is 117 Å². The summed E-state index contributed by atoms with van der Waals surface area (Å²) in [7, 11) is 0. The number of hydrogen-bond donors (Lipinski definition) is 2. The molecular weight excluding hydrogens is 252 g/mol. The molecular formula is C15H16N4O. The number of hydrogen-bond acceptors (Lipinski definition) is 4. The highest BCUT2D eigenvalue weighted by atomic mass is 16.1. The summed E-state index contributed by atoms with van der Waals surface area (Å²) < 4.78 is 0. The van der Waals surface area contributed by atoms with Crippen molar-refractivity contribution >= 4 is 17.5 Å². The number of amides is 1. The van der Waals surface area contributed by atoms with Crippen LogP contribution in [0.4, 0.5) is 11.6 Å². The third-order valence-corrected chi connectivity index (χ3v) is 3.07. The fourth-order valence-electron chi connectivity index (χ4n) is 1.88. The molecule has 1 aliphatic carbocycles. The van der Waals surface area contributed by atoms with Gasteiger partial charge in [0.1, 0.15) is 5.69 Å². The van der Waals surface area contributed by atoms with E-state index in [9.17, 15) is 4.79 Å². The van der Waals surface area contributed by atoms with E-state index in [0.717, 1.165) is 24.1 Å². The third-order valence-electron chi connectivity index (χ3n) is 3.07. The third kappa shape index (κ3) is 3.12. The Hall–Kier alpha value is -2.43. The van der Waals surface area contributed by atoms with E-state index in [4.69, 9.17) is 0 Å². The predicted octanol–water partition coefficient (Wildman–Crippen LogP) is 2.61. The van der Waals surface area contributed by atoms with Crippen LogP contribution in [0.25, 0.3) is 0 Å². The molecule has 2 aromatic rings. The molecule has 1 aliphatic rings. The highest BCUT2D eigenvalue weighted by Gasteiger charge is 2.22. The lowest BCUT2D eigenvalue weighted by molar-refractivity contribution is 0.102. The molecule has 0 radical (unpaired) electrons. The normalized spacial score (nSPS) is 13.8. The fourth-order valence-corrected chi connectivity index (χ4v) is 1.88. The molecule has 1 aromatic heterocycles. The number of nitrogens with one attached hydrogen (secondary N) is 2. The average Bonchev–Trinajstić information content (AvgIpc) is 3.23. The van der Waals surface area contributed by atoms with Gasteiger partial charge in [0.25, 0.3) is 5.91 Å². The number of anilines is 2. The van der Waals surface area contributed by atoms with Crippen molar-refractivity contribution < 1.29 is 4.79 Å². The second kappa shape index (κ2) is 5.28. The zero-order chi connectivity index (χ0) is 13.9. The van der Waals surface area contributed by atoms with E-state index in [1.54, 1.807) is 12.3 Å². The van der Waals surface area contributed by atoms with Crippen LogP contribution >= 0.6 is 0 Å². The molecule has 0 saturated heterocycles. The van der Waals surface area contributed by atoms with Crippen LogP contribution in [-0.2, 0) is 0 Å². The lowest BCUT2D eigenvalue weighted by Crippen LogP contribution is -2.15. The highest BCUT2D eigenvalue weighted by Crippen LogP contribution is 2.22. The van der Waals surface area contributed by atoms with E-state index >= 15 is 0 Å². The molecule has 0 aliphatic heterocycles. The van der Waals surface area contributed by atoms with Gasteiger partial charge in [0.2, 0.25) is 5.95 Å². The Bertz CT molecular complexity index is 637. The van der Waals surface area contributed by atoms with Gasteiger partial charge in [-0.1, -0.05) is 12.1 Å². The molecule has 0 atom stereocenters. The number of rotatable bonds is 4. The second-order valence-corrected chi connectivity index (χ2v) is 5.01. The van der Waals surface area contributed by atoms with Gasteiger partial charge < -0.3 is 10.6 Å². The summed E-state index contributed by atoms with van der Waals surface area (Å²) in [5, 5.41) is 6.02. The van der Waals surface area contributed by atoms with E-state index in [0.29, 0.717) is 17.7 Å². The zero-order valence-corrected chi connectivity index (χ0v) is 11.3. The van der Waals surface area contributed by atoms with E-state index in [-0.39, 0.29) is 5.91 Å². The molecule has 5 heteroatoms. The molecule has 1 amide bonds. The number of aromatic nitrogens is 2. The summed E-state index contributed by atoms with van der Waals surface area (Å²) in [6.07, 6.45) is 3.88. The van der Waals surface area contributed by atoms with Crippen LogP contribution in [0.1, 0.15) is 28.9 Å². The van der Waals surface area contributed by atoms with E-state index in [1.165, 1.54) is 0 Å². The van der Waals surface area contributed by atoms with Crippen molar-refractivity contribution in [3.8, 4) is 0 Å². The molecule has 1 saturated carbocycles. The van der Waals surface area contributed by atoms with E-state index in [1.807, 2.05) is 31.2 Å². The average molecular weight is 268 g/mol. The number of carbonyl (C=O) groups excluding carboxylic acids is 1. The monoisotopic (exact) mass is 268 g/mol. The van der Waals surface area contributed by atoms with Gasteiger partial charge in [0, 0.05) is 17.9 Å². The first kappa shape index (κ1) is 12.6. The lowest BCUT2D eigenvalue weighted by Gasteiger charge is -2.07. The summed E-state index contributed by atoms with van der Waals surface area (Å²) in [6, 6.07) is 9.74. The highest BCUT2D eigenvalue weighted by molar-refractivity contribution is 6.03. The number of carbonyl (C=O) groups is 1. The second-order valence-electron chi connectivity index (χ2n) is 5.01. The molecule has 1 fully saturated rings. The maximum atomic E-state index is 12.1. The minimum Gasteiger partial charge on any atom is -0.351 e. The van der Waals surface area contributed by atoms with Crippen LogP contribution in [0.15, 0.2) is 36.5 Å². The van der Waals surface area contributed by atoms with Crippen molar-refractivity contribution in [2.24, 2.45) is 0 Å². The fraction of sp³-hybridized carbons (Fsp3) is 0.267. The number of benzene rings is 1. The lowest BCUT2D eigenvalue weighted by atomic mass is 10.2. The van der Waals surface area contributed by atoms with Gasteiger partial charge in [-0.3, -0.25) is 4.79 Å². The van der Waals surface area contributed by atoms with Gasteiger partial charge in [0.15, 0.2) is 0 Å². The van der Waals surface area contributed by atoms with Crippen molar-refractivity contribution in [1.29, 1.82) is 0 Å². The minimum atomic E-state index is -0.225. The van der Waals surface area contributed by atoms with Gasteiger partial charge in [-0.2, -0.15) is 0 Å². The standard InChI is InChI=1S/C15H16N4O/c1-10-3-2-4-12(9-10)17-14(20)13-7-8-16-15(19-13)18-11-5-6-11/h2-4,7-9,11H,5-6H2,1H3,(H,17,20)(H,16,18,19). The Morgan fingerprint density at radius 2 is 2.15 bits per heavy atom. The SMILES string of the molecule is Cc1cccc(NC(=O)c2ccnc(NC3CC3)n2)c1. The Balaban J connectivity index is 1.72. The summed E-state index contributed by atoms with van der Waals surface area (Å²) in [6.45, 7) is 1.98. The van der Waals surface area contributed by atoms with Crippen molar-refractivity contribution in [3.63, 3.8) is 0 Å². The Morgan fingerprint density at radius 1 is 1.30 bits per heavy atom. The summed E-state index contributed by atoms with van der Waals surface area (Å²) in [4.78, 5) is 20.5. The van der Waals surface area contributed by atoms with E-state index < -0.39 is 0 Å². The molecule has 2 N–H and O–H groups in total. The maximum Gasteiger partial charge on any atom is 0.274 e. The van der Waals surface area contributed by atoms with Gasteiger partial charge in [-0.15, -0.1) is 0 Å². The quantitative estimate of drug-likeness (QED) is 0.894. The summed E-state index contributed by atoms with van der Waals surface area (Å²) >= 11 is 0. The van der Waals surface area contributed by atoms with Gasteiger partial charge >= 0.3 is 0 Å². The Kier molecular flexibility index (Phi) is 3.33. The Morgan fingerprint density at radius 3 is 2.90 bits per heavy atom. The van der Waals surface area contributed by atoms with Gasteiger partial charge in [-0.05, 0) is 43.5 Å². The first-order chi connectivity index (χ1) is 9.70. The smallest absolute Gasteiger partial charge is 0.274 e. The molecule has 3 rings (SSSR count). The molecule has 0 bridgehead atoms. The molecule has 5 nitrogen and oxygen atoms in total. The van der Waals surface area contributed by atoms with E-state index in [2.05, 4.69) is 20.6 Å². The summed E-state index contributed by atoms with van der Waals surface area (Å²) in [5.41, 5.74) is 2.23. The van der Waals surface area contributed by atoms with Crippen LogP contribution in [0.3, 0.4) is 0 Å². The number of aryl methyl sites for hydroxylation is 1. The van der Waals surface area contributed by atoms with Crippen LogP contribution in [0.2, 0.25) is 0 Å². The molecule has 1 heterocycles. The molecule has 0 spiro atoms. The topological polar surface area (TPSA) is 66.9 Å². The molecule has 0 unspecified atom stereocenters. The molecule has 102 valence electrons. The predicted molar refractivity (Wildman–Crippen MR) is 77.8 cm³/mol. The maximum absolute atomic E-state index is 12.1.